The number of hydrogen-bond acceptors (Lipinski definition) is 6. The zero-order valence-corrected chi connectivity index (χ0v) is 14.5. The van der Waals surface area contributed by atoms with Crippen molar-refractivity contribution in [3.63, 3.8) is 0 Å². The molecule has 6 nitrogen and oxygen atoms in total. The zero-order chi connectivity index (χ0) is 17.2. The third kappa shape index (κ3) is 3.14. The van der Waals surface area contributed by atoms with Gasteiger partial charge in [0.15, 0.2) is 5.82 Å². The number of piperidine rings is 1. The Hall–Kier alpha value is -2.16. The van der Waals surface area contributed by atoms with Crippen molar-refractivity contribution in [2.75, 3.05) is 25.1 Å². The van der Waals surface area contributed by atoms with Gasteiger partial charge in [-0.25, -0.2) is 0 Å². The van der Waals surface area contributed by atoms with Crippen LogP contribution < -0.4 is 4.90 Å². The van der Waals surface area contributed by atoms with E-state index >= 15 is 0 Å². The summed E-state index contributed by atoms with van der Waals surface area (Å²) in [5.41, 5.74) is 1.66. The van der Waals surface area contributed by atoms with Gasteiger partial charge in [-0.05, 0) is 52.0 Å². The summed E-state index contributed by atoms with van der Waals surface area (Å²) in [7, 11) is 1.42. The zero-order valence-electron chi connectivity index (χ0n) is 14.5. The number of carbonyl (C=O) groups is 1. The minimum absolute atomic E-state index is 0.152. The molecule has 1 aromatic rings. The Morgan fingerprint density at radius 3 is 2.70 bits per heavy atom. The molecule has 6 heteroatoms. The SMILES string of the molecule is COC(=O)C(C)(C)C1CCCN(c2nnc(C)c(C)c2C#N)C1. The summed E-state index contributed by atoms with van der Waals surface area (Å²) in [6.45, 7) is 9.08. The summed E-state index contributed by atoms with van der Waals surface area (Å²) in [4.78, 5) is 14.2. The van der Waals surface area contributed by atoms with E-state index in [0.29, 0.717) is 17.9 Å². The Balaban J connectivity index is 2.31. The Morgan fingerprint density at radius 2 is 2.09 bits per heavy atom. The van der Waals surface area contributed by atoms with Gasteiger partial charge in [-0.1, -0.05) is 0 Å². The number of nitrogens with zero attached hydrogens (tertiary/aromatic N) is 4. The first-order valence-corrected chi connectivity index (χ1v) is 7.90. The first kappa shape index (κ1) is 17.2. The fourth-order valence-corrected chi connectivity index (χ4v) is 3.14. The van der Waals surface area contributed by atoms with E-state index < -0.39 is 5.41 Å². The minimum atomic E-state index is -0.562. The molecule has 0 N–H and O–H groups in total. The molecular formula is C17H24N4O2. The third-order valence-corrected chi connectivity index (χ3v) is 5.00. The fourth-order valence-electron chi connectivity index (χ4n) is 3.14. The lowest BCUT2D eigenvalue weighted by molar-refractivity contribution is -0.154. The number of hydrogen-bond donors (Lipinski definition) is 0. The summed E-state index contributed by atoms with van der Waals surface area (Å²) in [5.74, 6) is 0.579. The molecule has 0 radical (unpaired) electrons. The highest BCUT2D eigenvalue weighted by molar-refractivity contribution is 5.76. The maximum Gasteiger partial charge on any atom is 0.311 e. The van der Waals surface area contributed by atoms with E-state index in [9.17, 15) is 10.1 Å². The largest absolute Gasteiger partial charge is 0.469 e. The van der Waals surface area contributed by atoms with Gasteiger partial charge in [0, 0.05) is 13.1 Å². The predicted octanol–water partition coefficient (Wildman–Crippen LogP) is 2.38. The van der Waals surface area contributed by atoms with Crippen LogP contribution in [-0.4, -0.2) is 36.4 Å². The molecule has 2 rings (SSSR count). The van der Waals surface area contributed by atoms with Crippen molar-refractivity contribution in [1.29, 1.82) is 5.26 Å². The standard InChI is InChI=1S/C17H24N4O2/c1-11-12(2)19-20-15(14(11)9-18)21-8-6-7-13(10-21)17(3,4)16(22)23-5/h13H,6-8,10H2,1-5H3. The van der Waals surface area contributed by atoms with Crippen LogP contribution in [0.5, 0.6) is 0 Å². The highest BCUT2D eigenvalue weighted by Gasteiger charge is 2.40. The van der Waals surface area contributed by atoms with Crippen LogP contribution in [0.15, 0.2) is 0 Å². The highest BCUT2D eigenvalue weighted by atomic mass is 16.5. The second kappa shape index (κ2) is 6.53. The monoisotopic (exact) mass is 316 g/mol. The van der Waals surface area contributed by atoms with E-state index in [1.54, 1.807) is 0 Å². The maximum atomic E-state index is 12.1. The van der Waals surface area contributed by atoms with E-state index in [2.05, 4.69) is 21.2 Å². The van der Waals surface area contributed by atoms with Crippen LogP contribution in [0, 0.1) is 36.5 Å². The number of nitriles is 1. The van der Waals surface area contributed by atoms with Crippen molar-refractivity contribution < 1.29 is 9.53 Å². The molecular weight excluding hydrogens is 292 g/mol. The molecule has 1 aromatic heterocycles. The fraction of sp³-hybridized carbons (Fsp3) is 0.647. The van der Waals surface area contributed by atoms with Crippen LogP contribution in [0.4, 0.5) is 5.82 Å². The van der Waals surface area contributed by atoms with Crippen LogP contribution in [0.3, 0.4) is 0 Å². The topological polar surface area (TPSA) is 79.1 Å². The molecule has 0 aliphatic carbocycles. The Labute approximate surface area is 137 Å². The number of carbonyl (C=O) groups excluding carboxylic acids is 1. The van der Waals surface area contributed by atoms with Gasteiger partial charge in [-0.15, -0.1) is 5.10 Å². The molecule has 1 aliphatic heterocycles. The molecule has 1 unspecified atom stereocenters. The van der Waals surface area contributed by atoms with Gasteiger partial charge >= 0.3 is 5.97 Å². The van der Waals surface area contributed by atoms with Crippen molar-refractivity contribution in [2.45, 2.75) is 40.5 Å². The molecule has 0 amide bonds. The van der Waals surface area contributed by atoms with Crippen molar-refractivity contribution in [3.05, 3.63) is 16.8 Å². The molecule has 23 heavy (non-hydrogen) atoms. The summed E-state index contributed by atoms with van der Waals surface area (Å²) < 4.78 is 4.95. The van der Waals surface area contributed by atoms with Crippen molar-refractivity contribution in [2.24, 2.45) is 11.3 Å². The molecule has 0 saturated carbocycles. The van der Waals surface area contributed by atoms with Gasteiger partial charge in [0.05, 0.1) is 18.2 Å². The van der Waals surface area contributed by atoms with Gasteiger partial charge in [0.2, 0.25) is 0 Å². The van der Waals surface area contributed by atoms with Gasteiger partial charge in [0.1, 0.15) is 11.6 Å². The summed E-state index contributed by atoms with van der Waals surface area (Å²) in [6, 6.07) is 2.25. The first-order chi connectivity index (χ1) is 10.8. The summed E-state index contributed by atoms with van der Waals surface area (Å²) in [6.07, 6.45) is 1.91. The second-order valence-electron chi connectivity index (χ2n) is 6.72. The van der Waals surface area contributed by atoms with Gasteiger partial charge < -0.3 is 9.64 Å². The minimum Gasteiger partial charge on any atom is -0.469 e. The van der Waals surface area contributed by atoms with Crippen LogP contribution in [-0.2, 0) is 9.53 Å². The van der Waals surface area contributed by atoms with E-state index in [4.69, 9.17) is 4.74 Å². The second-order valence-corrected chi connectivity index (χ2v) is 6.72. The smallest absolute Gasteiger partial charge is 0.311 e. The van der Waals surface area contributed by atoms with Crippen LogP contribution in [0.1, 0.15) is 43.5 Å². The van der Waals surface area contributed by atoms with Crippen LogP contribution in [0.25, 0.3) is 0 Å². The number of ether oxygens (including phenoxy) is 1. The Bertz CT molecular complexity index is 649. The lowest BCUT2D eigenvalue weighted by atomic mass is 9.74. The summed E-state index contributed by atoms with van der Waals surface area (Å²) >= 11 is 0. The molecule has 0 spiro atoms. The van der Waals surface area contributed by atoms with Crippen molar-refractivity contribution >= 4 is 11.8 Å². The van der Waals surface area contributed by atoms with E-state index in [1.807, 2.05) is 27.7 Å². The summed E-state index contributed by atoms with van der Waals surface area (Å²) in [5, 5.41) is 17.9. The number of anilines is 1. The van der Waals surface area contributed by atoms with E-state index in [1.165, 1.54) is 7.11 Å². The molecule has 1 saturated heterocycles. The number of esters is 1. The van der Waals surface area contributed by atoms with E-state index in [-0.39, 0.29) is 11.9 Å². The Morgan fingerprint density at radius 1 is 1.39 bits per heavy atom. The van der Waals surface area contributed by atoms with Gasteiger partial charge in [0.25, 0.3) is 0 Å². The maximum absolute atomic E-state index is 12.1. The quantitative estimate of drug-likeness (QED) is 0.797. The number of methoxy groups -OCH3 is 1. The molecule has 1 atom stereocenters. The molecule has 0 aromatic carbocycles. The normalized spacial score (nSPS) is 18.4. The predicted molar refractivity (Wildman–Crippen MR) is 87.0 cm³/mol. The van der Waals surface area contributed by atoms with Gasteiger partial charge in [-0.3, -0.25) is 4.79 Å². The average Bonchev–Trinajstić information content (AvgIpc) is 2.56. The highest BCUT2D eigenvalue weighted by Crippen LogP contribution is 2.36. The van der Waals surface area contributed by atoms with Crippen molar-refractivity contribution in [1.82, 2.24) is 10.2 Å². The van der Waals surface area contributed by atoms with Crippen LogP contribution in [0.2, 0.25) is 0 Å². The first-order valence-electron chi connectivity index (χ1n) is 7.90. The Kier molecular flexibility index (Phi) is 4.88. The van der Waals surface area contributed by atoms with Gasteiger partial charge in [-0.2, -0.15) is 10.4 Å². The number of aryl methyl sites for hydroxylation is 1. The van der Waals surface area contributed by atoms with Crippen molar-refractivity contribution in [3.8, 4) is 6.07 Å². The molecule has 124 valence electrons. The third-order valence-electron chi connectivity index (χ3n) is 5.00. The molecule has 2 heterocycles. The number of aromatic nitrogens is 2. The van der Waals surface area contributed by atoms with E-state index in [0.717, 1.165) is 30.6 Å². The lowest BCUT2D eigenvalue weighted by Gasteiger charge is -2.40. The number of rotatable bonds is 3. The molecule has 1 aliphatic rings. The molecule has 0 bridgehead atoms. The lowest BCUT2D eigenvalue weighted by Crippen LogP contribution is -2.45. The average molecular weight is 316 g/mol. The van der Waals surface area contributed by atoms with Crippen LogP contribution >= 0.6 is 0 Å². The molecule has 1 fully saturated rings.